The van der Waals surface area contributed by atoms with E-state index in [9.17, 15) is 0 Å². The van der Waals surface area contributed by atoms with Crippen molar-refractivity contribution in [2.45, 2.75) is 24.8 Å². The van der Waals surface area contributed by atoms with E-state index in [2.05, 4.69) is 19.0 Å². The lowest BCUT2D eigenvalue weighted by Gasteiger charge is -2.26. The molecule has 0 unspecified atom stereocenters. The summed E-state index contributed by atoms with van der Waals surface area (Å²) in [5.74, 6) is 0. The Morgan fingerprint density at radius 3 is 2.25 bits per heavy atom. The minimum absolute atomic E-state index is 0.302. The maximum atomic E-state index is 5.53. The number of ether oxygens (including phenoxy) is 3. The third-order valence-corrected chi connectivity index (χ3v) is 5.06. The number of nitrogens with zero attached hydrogens (tertiary/aromatic N) is 1. The Kier molecular flexibility index (Phi) is 9.16. The van der Waals surface area contributed by atoms with E-state index in [1.807, 2.05) is 6.92 Å². The van der Waals surface area contributed by atoms with E-state index in [0.29, 0.717) is 0 Å². The van der Waals surface area contributed by atoms with Gasteiger partial charge in [0.15, 0.2) is 0 Å². The fourth-order valence-corrected chi connectivity index (χ4v) is 2.79. The van der Waals surface area contributed by atoms with Gasteiger partial charge in [-0.25, -0.2) is 0 Å². The van der Waals surface area contributed by atoms with Crippen LogP contribution in [0.3, 0.4) is 0 Å². The van der Waals surface area contributed by atoms with E-state index in [-0.39, 0.29) is 14.9 Å². The van der Waals surface area contributed by atoms with Gasteiger partial charge in [-0.1, -0.05) is 6.04 Å². The maximum absolute atomic E-state index is 5.53. The third-order valence-electron chi connectivity index (χ3n) is 2.72. The fourth-order valence-electron chi connectivity index (χ4n) is 1.29. The van der Waals surface area contributed by atoms with Crippen molar-refractivity contribution in [1.82, 2.24) is 4.90 Å². The third kappa shape index (κ3) is 8.24. The van der Waals surface area contributed by atoms with E-state index >= 15 is 0 Å². The number of methoxy groups -OCH3 is 2. The summed E-state index contributed by atoms with van der Waals surface area (Å²) >= 11 is 0. The standard InChI is InChI=1S/C11H27NO3Si/c1-11(13-4,14-5)16-10-6-8-15-9-7-12(2)3/h6-10,16H2,1-5H3. The van der Waals surface area contributed by atoms with Crippen LogP contribution in [0.4, 0.5) is 0 Å². The van der Waals surface area contributed by atoms with Crippen molar-refractivity contribution in [2.24, 2.45) is 0 Å². The highest BCUT2D eigenvalue weighted by Gasteiger charge is 2.21. The normalized spacial score (nSPS) is 13.1. The van der Waals surface area contributed by atoms with Gasteiger partial charge in [-0.15, -0.1) is 0 Å². The highest BCUT2D eigenvalue weighted by molar-refractivity contribution is 6.38. The summed E-state index contributed by atoms with van der Waals surface area (Å²) in [4.78, 5) is 2.13. The van der Waals surface area contributed by atoms with Crippen LogP contribution < -0.4 is 0 Å². The van der Waals surface area contributed by atoms with Crippen LogP contribution in [0.25, 0.3) is 0 Å². The molecule has 0 aliphatic heterocycles. The Morgan fingerprint density at radius 1 is 1.12 bits per heavy atom. The minimum atomic E-state index is -0.356. The molecule has 0 aromatic heterocycles. The number of hydrogen-bond acceptors (Lipinski definition) is 4. The zero-order chi connectivity index (χ0) is 12.4. The SMILES string of the molecule is COC(C)(OC)[SiH2]CCCOCCN(C)C. The predicted molar refractivity (Wildman–Crippen MR) is 69.8 cm³/mol. The Balaban J connectivity index is 3.33. The molecule has 0 atom stereocenters. The van der Waals surface area contributed by atoms with Crippen LogP contribution in [-0.4, -0.2) is 67.9 Å². The lowest BCUT2D eigenvalue weighted by Crippen LogP contribution is -2.36. The average molecular weight is 249 g/mol. The van der Waals surface area contributed by atoms with E-state index in [4.69, 9.17) is 14.2 Å². The molecule has 0 saturated heterocycles. The zero-order valence-electron chi connectivity index (χ0n) is 11.4. The van der Waals surface area contributed by atoms with Crippen LogP contribution in [0.15, 0.2) is 0 Å². The number of rotatable bonds is 10. The van der Waals surface area contributed by atoms with Gasteiger partial charge in [0.2, 0.25) is 0 Å². The number of hydrogen-bond donors (Lipinski definition) is 0. The van der Waals surface area contributed by atoms with E-state index in [0.717, 1.165) is 26.2 Å². The molecule has 0 bridgehead atoms. The van der Waals surface area contributed by atoms with Gasteiger partial charge in [0.05, 0.1) is 16.1 Å². The van der Waals surface area contributed by atoms with Crippen LogP contribution in [0.1, 0.15) is 13.3 Å². The van der Waals surface area contributed by atoms with Gasteiger partial charge in [-0.3, -0.25) is 0 Å². The van der Waals surface area contributed by atoms with Crippen LogP contribution in [-0.2, 0) is 14.2 Å². The van der Waals surface area contributed by atoms with Crippen LogP contribution in [0, 0.1) is 0 Å². The molecular weight excluding hydrogens is 222 g/mol. The molecule has 0 rings (SSSR count). The van der Waals surface area contributed by atoms with Crippen molar-refractivity contribution in [3.8, 4) is 0 Å². The Morgan fingerprint density at radius 2 is 1.75 bits per heavy atom. The highest BCUT2D eigenvalue weighted by atomic mass is 28.2. The van der Waals surface area contributed by atoms with Gasteiger partial charge in [-0.05, 0) is 27.4 Å². The maximum Gasteiger partial charge on any atom is 0.141 e. The molecule has 0 aromatic rings. The molecule has 5 heteroatoms. The summed E-state index contributed by atoms with van der Waals surface area (Å²) in [5, 5.41) is 0. The lowest BCUT2D eigenvalue weighted by molar-refractivity contribution is -0.130. The minimum Gasteiger partial charge on any atom is -0.380 e. The largest absolute Gasteiger partial charge is 0.380 e. The average Bonchev–Trinajstić information content (AvgIpc) is 2.27. The quantitative estimate of drug-likeness (QED) is 0.321. The second-order valence-corrected chi connectivity index (χ2v) is 6.91. The van der Waals surface area contributed by atoms with Crippen LogP contribution in [0.2, 0.25) is 6.04 Å². The molecule has 0 saturated carbocycles. The summed E-state index contributed by atoms with van der Waals surface area (Å²) in [5.41, 5.74) is -0.302. The zero-order valence-corrected chi connectivity index (χ0v) is 12.8. The molecule has 4 nitrogen and oxygen atoms in total. The monoisotopic (exact) mass is 249 g/mol. The van der Waals surface area contributed by atoms with Crippen LogP contribution in [0.5, 0.6) is 0 Å². The van der Waals surface area contributed by atoms with E-state index < -0.39 is 0 Å². The Hall–Kier alpha value is 0.0569. The molecule has 0 amide bonds. The second kappa shape index (κ2) is 9.12. The Labute approximate surface area is 102 Å². The molecule has 0 spiro atoms. The Bertz CT molecular complexity index is 163. The van der Waals surface area contributed by atoms with Crippen LogP contribution >= 0.6 is 0 Å². The summed E-state index contributed by atoms with van der Waals surface area (Å²) in [6.45, 7) is 4.68. The van der Waals surface area contributed by atoms with Crippen molar-refractivity contribution in [3.05, 3.63) is 0 Å². The van der Waals surface area contributed by atoms with Crippen molar-refractivity contribution < 1.29 is 14.2 Å². The fraction of sp³-hybridized carbons (Fsp3) is 1.00. The van der Waals surface area contributed by atoms with E-state index in [1.165, 1.54) is 6.04 Å². The van der Waals surface area contributed by atoms with Gasteiger partial charge >= 0.3 is 0 Å². The summed E-state index contributed by atoms with van der Waals surface area (Å²) in [6, 6.07) is 1.19. The summed E-state index contributed by atoms with van der Waals surface area (Å²) in [6.07, 6.45) is 1.11. The molecule has 0 aliphatic rings. The topological polar surface area (TPSA) is 30.9 Å². The van der Waals surface area contributed by atoms with E-state index in [1.54, 1.807) is 14.2 Å². The first-order chi connectivity index (χ1) is 7.54. The van der Waals surface area contributed by atoms with Crippen molar-refractivity contribution >= 4 is 9.52 Å². The number of likely N-dealkylation sites (N-methyl/N-ethyl adjacent to an activating group) is 1. The van der Waals surface area contributed by atoms with Gasteiger partial charge in [-0.2, -0.15) is 0 Å². The molecule has 16 heavy (non-hydrogen) atoms. The molecule has 0 heterocycles. The highest BCUT2D eigenvalue weighted by Crippen LogP contribution is 2.10. The van der Waals surface area contributed by atoms with Crippen molar-refractivity contribution in [3.63, 3.8) is 0 Å². The molecule has 0 fully saturated rings. The second-order valence-electron chi connectivity index (χ2n) is 4.41. The molecule has 0 N–H and O–H groups in total. The molecular formula is C11H27NO3Si. The van der Waals surface area contributed by atoms with Gasteiger partial charge < -0.3 is 19.1 Å². The molecule has 0 radical (unpaired) electrons. The predicted octanol–water partition coefficient (Wildman–Crippen LogP) is 0.508. The first kappa shape index (κ1) is 16.1. The first-order valence-corrected chi connectivity index (χ1v) is 7.57. The van der Waals surface area contributed by atoms with Crippen molar-refractivity contribution in [2.75, 3.05) is 48.1 Å². The lowest BCUT2D eigenvalue weighted by atomic mass is 10.5. The van der Waals surface area contributed by atoms with Crippen molar-refractivity contribution in [1.29, 1.82) is 0 Å². The van der Waals surface area contributed by atoms with Gasteiger partial charge in [0, 0.05) is 27.4 Å². The van der Waals surface area contributed by atoms with Gasteiger partial charge in [0.1, 0.15) is 5.41 Å². The summed E-state index contributed by atoms with van der Waals surface area (Å²) in [7, 11) is 7.18. The van der Waals surface area contributed by atoms with Gasteiger partial charge in [0.25, 0.3) is 0 Å². The summed E-state index contributed by atoms with van der Waals surface area (Å²) < 4.78 is 16.2. The molecule has 0 aliphatic carbocycles. The first-order valence-electron chi connectivity index (χ1n) is 5.87. The smallest absolute Gasteiger partial charge is 0.141 e. The molecule has 98 valence electrons. The molecule has 0 aromatic carbocycles.